The Morgan fingerprint density at radius 3 is 2.31 bits per heavy atom. The number of carbonyl (C=O) groups excluding carboxylic acids is 1. The zero-order valence-corrected chi connectivity index (χ0v) is 16.3. The summed E-state index contributed by atoms with van der Waals surface area (Å²) >= 11 is 0. The average Bonchev–Trinajstić information content (AvgIpc) is 2.87. The van der Waals surface area contributed by atoms with E-state index in [0.717, 1.165) is 16.8 Å². The minimum atomic E-state index is -4.46. The van der Waals surface area contributed by atoms with Crippen LogP contribution in [0.5, 0.6) is 0 Å². The fourth-order valence-electron chi connectivity index (χ4n) is 2.85. The maximum atomic E-state index is 12.8. The molecule has 1 amide bonds. The molecule has 1 aromatic carbocycles. The van der Waals surface area contributed by atoms with Crippen molar-refractivity contribution >= 4 is 11.6 Å². The van der Waals surface area contributed by atoms with Gasteiger partial charge in [-0.3, -0.25) is 4.79 Å². The number of hydrogen-bond acceptors (Lipinski definition) is 4. The van der Waals surface area contributed by atoms with Crippen molar-refractivity contribution in [1.29, 1.82) is 0 Å². The minimum absolute atomic E-state index is 0.154. The van der Waals surface area contributed by atoms with Gasteiger partial charge in [0.2, 0.25) is 5.91 Å². The van der Waals surface area contributed by atoms with Crippen LogP contribution in [0.15, 0.2) is 35.1 Å². The van der Waals surface area contributed by atoms with E-state index in [4.69, 9.17) is 0 Å². The average molecular weight is 407 g/mol. The smallest absolute Gasteiger partial charge is 0.350 e. The molecule has 29 heavy (non-hydrogen) atoms. The number of halogens is 3. The summed E-state index contributed by atoms with van der Waals surface area (Å²) < 4.78 is 40.7. The number of fused-ring (bicyclic) bond motifs is 1. The number of carbonyl (C=O) groups is 1. The molecule has 1 N–H and O–H groups in total. The van der Waals surface area contributed by atoms with Crippen LogP contribution in [0, 0.1) is 6.92 Å². The molecule has 0 saturated carbocycles. The van der Waals surface area contributed by atoms with E-state index in [-0.39, 0.29) is 23.9 Å². The minimum Gasteiger partial charge on any atom is -0.350 e. The fraction of sp³-hybridized carbons (Fsp3) is 0.368. The number of aromatic nitrogens is 4. The molecule has 3 rings (SSSR count). The summed E-state index contributed by atoms with van der Waals surface area (Å²) in [7, 11) is 0. The second kappa shape index (κ2) is 7.02. The first-order chi connectivity index (χ1) is 13.3. The van der Waals surface area contributed by atoms with Crippen LogP contribution in [0.3, 0.4) is 0 Å². The number of rotatable bonds is 3. The lowest BCUT2D eigenvalue weighted by molar-refractivity contribution is -0.137. The van der Waals surface area contributed by atoms with E-state index in [2.05, 4.69) is 15.4 Å². The Morgan fingerprint density at radius 1 is 1.14 bits per heavy atom. The third kappa shape index (κ3) is 4.47. The normalized spacial score (nSPS) is 12.4. The molecule has 7 nitrogen and oxygen atoms in total. The monoisotopic (exact) mass is 407 g/mol. The summed E-state index contributed by atoms with van der Waals surface area (Å²) in [5.41, 5.74) is -0.765. The molecule has 0 aliphatic heterocycles. The zero-order chi connectivity index (χ0) is 21.6. The van der Waals surface area contributed by atoms with Gasteiger partial charge in [0.25, 0.3) is 0 Å². The largest absolute Gasteiger partial charge is 0.416 e. The van der Waals surface area contributed by atoms with Gasteiger partial charge in [0.1, 0.15) is 12.4 Å². The van der Waals surface area contributed by atoms with Gasteiger partial charge in [-0.1, -0.05) is 12.1 Å². The molecule has 2 aromatic heterocycles. The third-order valence-electron chi connectivity index (χ3n) is 3.97. The summed E-state index contributed by atoms with van der Waals surface area (Å²) in [5.74, 6) is -0.232. The molecule has 0 fully saturated rings. The van der Waals surface area contributed by atoms with Crippen LogP contribution in [0.2, 0.25) is 0 Å². The van der Waals surface area contributed by atoms with Gasteiger partial charge in [-0.15, -0.1) is 5.10 Å². The van der Waals surface area contributed by atoms with Crippen LogP contribution in [-0.4, -0.2) is 30.6 Å². The maximum absolute atomic E-state index is 12.8. The molecule has 3 aromatic rings. The van der Waals surface area contributed by atoms with Crippen LogP contribution in [0.25, 0.3) is 17.0 Å². The number of hydrogen-bond donors (Lipinski definition) is 1. The summed E-state index contributed by atoms with van der Waals surface area (Å²) in [5, 5.41) is 6.92. The van der Waals surface area contributed by atoms with Gasteiger partial charge in [0.05, 0.1) is 5.56 Å². The van der Waals surface area contributed by atoms with Crippen LogP contribution >= 0.6 is 0 Å². The molecule has 154 valence electrons. The second-order valence-corrected chi connectivity index (χ2v) is 7.73. The van der Waals surface area contributed by atoms with Crippen molar-refractivity contribution in [2.75, 3.05) is 0 Å². The van der Waals surface area contributed by atoms with Crippen LogP contribution in [0.4, 0.5) is 13.2 Å². The number of amides is 1. The fourth-order valence-corrected chi connectivity index (χ4v) is 2.85. The molecule has 0 unspecified atom stereocenters. The Labute approximate surface area is 164 Å². The van der Waals surface area contributed by atoms with Gasteiger partial charge in [0, 0.05) is 22.9 Å². The standard InChI is InChI=1S/C19H20F3N5O2/c1-11-9-14-25-26(10-15(28)24-18(2,3)4)17(29)27(14)16(23-11)12-5-7-13(8-6-12)19(20,21)22/h5-9H,10H2,1-4H3,(H,24,28). The van der Waals surface area contributed by atoms with Gasteiger partial charge < -0.3 is 5.32 Å². The molecule has 0 atom stereocenters. The highest BCUT2D eigenvalue weighted by Gasteiger charge is 2.30. The first-order valence-corrected chi connectivity index (χ1v) is 8.81. The predicted octanol–water partition coefficient (Wildman–Crippen LogP) is 2.80. The topological polar surface area (TPSA) is 81.3 Å². The Bertz CT molecular complexity index is 1120. The van der Waals surface area contributed by atoms with Gasteiger partial charge in [-0.05, 0) is 39.8 Å². The Hall–Kier alpha value is -3.17. The van der Waals surface area contributed by atoms with Crippen LogP contribution in [0.1, 0.15) is 32.0 Å². The molecule has 10 heteroatoms. The predicted molar refractivity (Wildman–Crippen MR) is 100 cm³/mol. The lowest BCUT2D eigenvalue weighted by Crippen LogP contribution is -2.43. The van der Waals surface area contributed by atoms with Crippen molar-refractivity contribution < 1.29 is 18.0 Å². The lowest BCUT2D eigenvalue weighted by atomic mass is 10.1. The van der Waals surface area contributed by atoms with Crippen molar-refractivity contribution in [3.63, 3.8) is 0 Å². The Morgan fingerprint density at radius 2 is 1.76 bits per heavy atom. The summed E-state index contributed by atoms with van der Waals surface area (Å²) in [4.78, 5) is 29.3. The Balaban J connectivity index is 2.06. The van der Waals surface area contributed by atoms with Gasteiger partial charge in [-0.2, -0.15) is 13.2 Å². The number of nitrogens with zero attached hydrogens (tertiary/aromatic N) is 4. The van der Waals surface area contributed by atoms with Crippen LogP contribution in [-0.2, 0) is 17.5 Å². The van der Waals surface area contributed by atoms with E-state index in [1.165, 1.54) is 16.5 Å². The first kappa shape index (κ1) is 20.6. The molecule has 0 saturated heterocycles. The molecular formula is C19H20F3N5O2. The number of benzene rings is 1. The first-order valence-electron chi connectivity index (χ1n) is 8.81. The molecule has 2 heterocycles. The molecule has 0 aliphatic rings. The highest BCUT2D eigenvalue weighted by atomic mass is 19.4. The molecule has 0 aliphatic carbocycles. The van der Waals surface area contributed by atoms with E-state index < -0.39 is 23.0 Å². The summed E-state index contributed by atoms with van der Waals surface area (Å²) in [6, 6.07) is 5.92. The zero-order valence-electron chi connectivity index (χ0n) is 16.3. The summed E-state index contributed by atoms with van der Waals surface area (Å²) in [6.07, 6.45) is -4.46. The molecule has 0 radical (unpaired) electrons. The number of alkyl halides is 3. The van der Waals surface area contributed by atoms with E-state index >= 15 is 0 Å². The van der Waals surface area contributed by atoms with Gasteiger partial charge in [0.15, 0.2) is 5.65 Å². The number of nitrogens with one attached hydrogen (secondary N) is 1. The van der Waals surface area contributed by atoms with E-state index in [9.17, 15) is 22.8 Å². The second-order valence-electron chi connectivity index (χ2n) is 7.73. The van der Waals surface area contributed by atoms with Crippen molar-refractivity contribution in [3.05, 3.63) is 52.1 Å². The van der Waals surface area contributed by atoms with E-state index in [1.54, 1.807) is 13.0 Å². The highest BCUT2D eigenvalue weighted by molar-refractivity contribution is 5.76. The molecule has 0 bridgehead atoms. The van der Waals surface area contributed by atoms with Crippen molar-refractivity contribution in [3.8, 4) is 11.4 Å². The number of aryl methyl sites for hydroxylation is 1. The van der Waals surface area contributed by atoms with Gasteiger partial charge in [-0.25, -0.2) is 18.9 Å². The maximum Gasteiger partial charge on any atom is 0.416 e. The van der Waals surface area contributed by atoms with Crippen molar-refractivity contribution in [2.45, 2.75) is 46.0 Å². The van der Waals surface area contributed by atoms with E-state index in [1.807, 2.05) is 20.8 Å². The molecular weight excluding hydrogens is 387 g/mol. The highest BCUT2D eigenvalue weighted by Crippen LogP contribution is 2.30. The SMILES string of the molecule is Cc1cc2nn(CC(=O)NC(C)(C)C)c(=O)n2c(-c2ccc(C(F)(F)F)cc2)n1. The summed E-state index contributed by atoms with van der Waals surface area (Å²) in [6.45, 7) is 6.83. The van der Waals surface area contributed by atoms with Gasteiger partial charge >= 0.3 is 11.9 Å². The van der Waals surface area contributed by atoms with Crippen LogP contribution < -0.4 is 11.0 Å². The van der Waals surface area contributed by atoms with Crippen molar-refractivity contribution in [2.24, 2.45) is 0 Å². The third-order valence-corrected chi connectivity index (χ3v) is 3.97. The van der Waals surface area contributed by atoms with Crippen molar-refractivity contribution in [1.82, 2.24) is 24.5 Å². The quantitative estimate of drug-likeness (QED) is 0.724. The lowest BCUT2D eigenvalue weighted by Gasteiger charge is -2.20. The molecule has 0 spiro atoms. The van der Waals surface area contributed by atoms with E-state index in [0.29, 0.717) is 11.3 Å². The Kier molecular flexibility index (Phi) is 4.97.